The van der Waals surface area contributed by atoms with Crippen LogP contribution in [0, 0.1) is 6.92 Å². The molecule has 0 radical (unpaired) electrons. The molecule has 102 valence electrons. The second-order valence-electron chi connectivity index (χ2n) is 4.88. The van der Waals surface area contributed by atoms with Crippen molar-refractivity contribution >= 4 is 23.5 Å². The lowest BCUT2D eigenvalue weighted by Crippen LogP contribution is -2.37. The van der Waals surface area contributed by atoms with Crippen molar-refractivity contribution in [3.05, 3.63) is 34.3 Å². The van der Waals surface area contributed by atoms with Crippen LogP contribution in [0.4, 0.5) is 0 Å². The molecule has 1 aromatic rings. The van der Waals surface area contributed by atoms with Crippen molar-refractivity contribution < 1.29 is 14.7 Å². The second-order valence-corrected chi connectivity index (χ2v) is 5.28. The molecule has 1 saturated heterocycles. The fraction of sp³-hybridized carbons (Fsp3) is 0.429. The van der Waals surface area contributed by atoms with Gasteiger partial charge in [0.15, 0.2) is 0 Å². The van der Waals surface area contributed by atoms with E-state index < -0.39 is 5.97 Å². The predicted octanol–water partition coefficient (Wildman–Crippen LogP) is 2.73. The molecule has 19 heavy (non-hydrogen) atoms. The largest absolute Gasteiger partial charge is 0.481 e. The zero-order chi connectivity index (χ0) is 14.0. The fourth-order valence-electron chi connectivity index (χ4n) is 2.47. The van der Waals surface area contributed by atoms with E-state index in [1.54, 1.807) is 17.0 Å². The normalized spacial score (nSPS) is 18.6. The van der Waals surface area contributed by atoms with E-state index in [1.807, 2.05) is 13.0 Å². The van der Waals surface area contributed by atoms with Crippen molar-refractivity contribution in [3.8, 4) is 0 Å². The average molecular weight is 282 g/mol. The standard InChI is InChI=1S/C14H16ClNO3/c1-9-4-5-12(15)11(7-9)14(19)16-6-2-3-10(16)8-13(17)18/h4-5,7,10H,2-3,6,8H2,1H3,(H,17,18)/t10-/m0/s1. The summed E-state index contributed by atoms with van der Waals surface area (Å²) in [5.74, 6) is -1.04. The minimum Gasteiger partial charge on any atom is -0.481 e. The molecule has 0 unspecified atom stereocenters. The van der Waals surface area contributed by atoms with Gasteiger partial charge in [0, 0.05) is 12.6 Å². The van der Waals surface area contributed by atoms with E-state index in [4.69, 9.17) is 16.7 Å². The number of carbonyl (C=O) groups is 2. The van der Waals surface area contributed by atoms with Crippen LogP contribution in [-0.2, 0) is 4.79 Å². The molecular weight excluding hydrogens is 266 g/mol. The molecule has 1 N–H and O–H groups in total. The Morgan fingerprint density at radius 1 is 1.47 bits per heavy atom. The quantitative estimate of drug-likeness (QED) is 0.927. The van der Waals surface area contributed by atoms with Gasteiger partial charge in [-0.2, -0.15) is 0 Å². The maximum absolute atomic E-state index is 12.5. The number of carboxylic acid groups (broad SMARTS) is 1. The lowest BCUT2D eigenvalue weighted by atomic mass is 10.1. The molecule has 0 bridgehead atoms. The molecule has 1 fully saturated rings. The van der Waals surface area contributed by atoms with E-state index in [0.29, 0.717) is 17.1 Å². The van der Waals surface area contributed by atoms with Crippen molar-refractivity contribution in [2.24, 2.45) is 0 Å². The van der Waals surface area contributed by atoms with Gasteiger partial charge in [0.25, 0.3) is 5.91 Å². The molecule has 0 aliphatic carbocycles. The number of rotatable bonds is 3. The van der Waals surface area contributed by atoms with Gasteiger partial charge in [-0.15, -0.1) is 0 Å². The van der Waals surface area contributed by atoms with Gasteiger partial charge < -0.3 is 10.0 Å². The first-order valence-electron chi connectivity index (χ1n) is 6.28. The third kappa shape index (κ3) is 3.07. The first-order chi connectivity index (χ1) is 8.99. The number of nitrogens with zero attached hydrogens (tertiary/aromatic N) is 1. The molecule has 4 nitrogen and oxygen atoms in total. The van der Waals surface area contributed by atoms with Crippen molar-refractivity contribution in [2.45, 2.75) is 32.2 Å². The zero-order valence-corrected chi connectivity index (χ0v) is 11.5. The van der Waals surface area contributed by atoms with E-state index in [1.165, 1.54) is 0 Å². The van der Waals surface area contributed by atoms with Gasteiger partial charge in [0.1, 0.15) is 0 Å². The number of likely N-dealkylation sites (tertiary alicyclic amines) is 1. The van der Waals surface area contributed by atoms with E-state index in [0.717, 1.165) is 18.4 Å². The van der Waals surface area contributed by atoms with Crippen molar-refractivity contribution in [2.75, 3.05) is 6.54 Å². The molecule has 1 heterocycles. The molecule has 0 saturated carbocycles. The number of halogens is 1. The van der Waals surface area contributed by atoms with Crippen LogP contribution in [0.5, 0.6) is 0 Å². The van der Waals surface area contributed by atoms with Gasteiger partial charge in [0.2, 0.25) is 0 Å². The van der Waals surface area contributed by atoms with Crippen LogP contribution < -0.4 is 0 Å². The van der Waals surface area contributed by atoms with E-state index in [9.17, 15) is 9.59 Å². The molecule has 1 atom stereocenters. The summed E-state index contributed by atoms with van der Waals surface area (Å²) in [6.07, 6.45) is 1.57. The average Bonchev–Trinajstić information content (AvgIpc) is 2.78. The van der Waals surface area contributed by atoms with Crippen LogP contribution in [-0.4, -0.2) is 34.5 Å². The Kier molecular flexibility index (Phi) is 4.10. The van der Waals surface area contributed by atoms with Crippen LogP contribution in [0.15, 0.2) is 18.2 Å². The summed E-state index contributed by atoms with van der Waals surface area (Å²) in [4.78, 5) is 24.9. The Morgan fingerprint density at radius 2 is 2.21 bits per heavy atom. The molecule has 1 amide bonds. The van der Waals surface area contributed by atoms with Gasteiger partial charge in [0.05, 0.1) is 17.0 Å². The number of carboxylic acids is 1. The van der Waals surface area contributed by atoms with Crippen LogP contribution in [0.2, 0.25) is 5.02 Å². The molecule has 0 aromatic heterocycles. The molecule has 1 aliphatic rings. The topological polar surface area (TPSA) is 57.6 Å². The van der Waals surface area contributed by atoms with E-state index in [-0.39, 0.29) is 18.4 Å². The summed E-state index contributed by atoms with van der Waals surface area (Å²) in [6.45, 7) is 2.49. The Labute approximate surface area is 117 Å². The number of hydrogen-bond acceptors (Lipinski definition) is 2. The van der Waals surface area contributed by atoms with Crippen LogP contribution in [0.1, 0.15) is 35.2 Å². The lowest BCUT2D eigenvalue weighted by Gasteiger charge is -2.24. The smallest absolute Gasteiger partial charge is 0.305 e. The second kappa shape index (κ2) is 5.61. The number of amides is 1. The highest BCUT2D eigenvalue weighted by atomic mass is 35.5. The monoisotopic (exact) mass is 281 g/mol. The third-order valence-corrected chi connectivity index (χ3v) is 3.73. The number of hydrogen-bond donors (Lipinski definition) is 1. The Hall–Kier alpha value is -1.55. The maximum Gasteiger partial charge on any atom is 0.305 e. The summed E-state index contributed by atoms with van der Waals surface area (Å²) in [6, 6.07) is 5.08. The van der Waals surface area contributed by atoms with Gasteiger partial charge in [-0.05, 0) is 31.9 Å². The first-order valence-corrected chi connectivity index (χ1v) is 6.65. The van der Waals surface area contributed by atoms with Gasteiger partial charge in [-0.3, -0.25) is 9.59 Å². The van der Waals surface area contributed by atoms with Crippen molar-refractivity contribution in [1.29, 1.82) is 0 Å². The first kappa shape index (κ1) is 13.9. The summed E-state index contributed by atoms with van der Waals surface area (Å²) < 4.78 is 0. The number of aryl methyl sites for hydroxylation is 1. The van der Waals surface area contributed by atoms with Crippen molar-refractivity contribution in [3.63, 3.8) is 0 Å². The highest BCUT2D eigenvalue weighted by Gasteiger charge is 2.31. The molecular formula is C14H16ClNO3. The lowest BCUT2D eigenvalue weighted by molar-refractivity contribution is -0.137. The SMILES string of the molecule is Cc1ccc(Cl)c(C(=O)N2CCC[C@H]2CC(=O)O)c1. The summed E-state index contributed by atoms with van der Waals surface area (Å²) in [5.41, 5.74) is 1.42. The highest BCUT2D eigenvalue weighted by molar-refractivity contribution is 6.33. The minimum atomic E-state index is -0.875. The van der Waals surface area contributed by atoms with Gasteiger partial charge in [-0.1, -0.05) is 23.2 Å². The summed E-state index contributed by atoms with van der Waals surface area (Å²) >= 11 is 6.06. The molecule has 1 aliphatic heterocycles. The van der Waals surface area contributed by atoms with Crippen molar-refractivity contribution in [1.82, 2.24) is 4.90 Å². The van der Waals surface area contributed by atoms with E-state index in [2.05, 4.69) is 0 Å². The highest BCUT2D eigenvalue weighted by Crippen LogP contribution is 2.26. The number of carbonyl (C=O) groups excluding carboxylic acids is 1. The van der Waals surface area contributed by atoms with Crippen LogP contribution >= 0.6 is 11.6 Å². The summed E-state index contributed by atoms with van der Waals surface area (Å²) in [5, 5.41) is 9.29. The Bertz CT molecular complexity index is 515. The van der Waals surface area contributed by atoms with Gasteiger partial charge in [-0.25, -0.2) is 0 Å². The maximum atomic E-state index is 12.5. The third-order valence-electron chi connectivity index (χ3n) is 3.40. The molecule has 5 heteroatoms. The molecule has 2 rings (SSSR count). The van der Waals surface area contributed by atoms with Crippen LogP contribution in [0.25, 0.3) is 0 Å². The molecule has 0 spiro atoms. The molecule has 1 aromatic carbocycles. The van der Waals surface area contributed by atoms with Gasteiger partial charge >= 0.3 is 5.97 Å². The Balaban J connectivity index is 2.23. The Morgan fingerprint density at radius 3 is 2.89 bits per heavy atom. The fourth-order valence-corrected chi connectivity index (χ4v) is 2.67. The predicted molar refractivity (Wildman–Crippen MR) is 72.5 cm³/mol. The number of aliphatic carboxylic acids is 1. The number of benzene rings is 1. The van der Waals surface area contributed by atoms with Crippen LogP contribution in [0.3, 0.4) is 0 Å². The summed E-state index contributed by atoms with van der Waals surface area (Å²) in [7, 11) is 0. The minimum absolute atomic E-state index is 0.00479. The zero-order valence-electron chi connectivity index (χ0n) is 10.7. The van der Waals surface area contributed by atoms with E-state index >= 15 is 0 Å².